The summed E-state index contributed by atoms with van der Waals surface area (Å²) in [4.78, 5) is 133. The molecule has 0 unspecified atom stereocenters. The van der Waals surface area contributed by atoms with E-state index in [9.17, 15) is 43.2 Å². The molecule has 0 rings (SSSR count). The van der Waals surface area contributed by atoms with Gasteiger partial charge in [0.25, 0.3) is 0 Å². The number of primary amides is 1. The first-order chi connectivity index (χ1) is 32.3. The zero-order valence-corrected chi connectivity index (χ0v) is 40.3. The molecule has 0 aliphatic carbocycles. The highest BCUT2D eigenvalue weighted by molar-refractivity contribution is 7.99. The van der Waals surface area contributed by atoms with E-state index in [2.05, 4.69) is 62.5 Å². The Bertz CT molecular complexity index is 1850. The molecule has 0 saturated heterocycles. The molecule has 9 amide bonds. The predicted molar refractivity (Wildman–Crippen MR) is 261 cm³/mol. The summed E-state index contributed by atoms with van der Waals surface area (Å²) in [6, 6.07) is -8.85. The van der Waals surface area contributed by atoms with Gasteiger partial charge in [-0.05, 0) is 65.2 Å². The van der Waals surface area contributed by atoms with Gasteiger partial charge in [0.1, 0.15) is 42.3 Å². The topological polar surface area (TPSA) is 533 Å². The highest BCUT2D eigenvalue weighted by atomic mass is 32.2. The number of carbonyl (C=O) groups excluding carboxylic acids is 9. The van der Waals surface area contributed by atoms with E-state index in [0.717, 1.165) is 11.8 Å². The lowest BCUT2D eigenvalue weighted by atomic mass is 10.0. The number of carbonyl (C=O) groups is 9. The Morgan fingerprint density at radius 2 is 0.710 bits per heavy atom. The number of hydrogen-bond donors (Lipinski definition) is 17. The van der Waals surface area contributed by atoms with Gasteiger partial charge in [-0.15, -0.1) is 11.8 Å². The smallest absolute Gasteiger partial charge is 0.244 e. The van der Waals surface area contributed by atoms with Gasteiger partial charge in [-0.3, -0.25) is 63.1 Å². The fourth-order valence-electron chi connectivity index (χ4n) is 5.76. The Balaban J connectivity index is 6.55. The number of rotatable bonds is 34. The summed E-state index contributed by atoms with van der Waals surface area (Å²) in [5.41, 5.74) is 48.9. The van der Waals surface area contributed by atoms with Crippen molar-refractivity contribution in [3.05, 3.63) is 0 Å². The monoisotopic (exact) mass is 1000 g/mol. The van der Waals surface area contributed by atoms with E-state index in [1.165, 1.54) is 27.7 Å². The van der Waals surface area contributed by atoms with Crippen LogP contribution in [0.25, 0.3) is 0 Å². The Morgan fingerprint density at radius 1 is 0.406 bits per heavy atom. The van der Waals surface area contributed by atoms with Gasteiger partial charge >= 0.3 is 0 Å². The number of thioether (sulfide) groups is 1. The van der Waals surface area contributed by atoms with Crippen LogP contribution in [0.3, 0.4) is 0 Å². The molecule has 26 N–H and O–H groups in total. The number of nitrogens with zero attached hydrogens (tertiary/aromatic N) is 4. The van der Waals surface area contributed by atoms with Crippen LogP contribution in [0.5, 0.6) is 0 Å². The van der Waals surface area contributed by atoms with E-state index < -0.39 is 89.6 Å². The molecule has 0 aliphatic heterocycles. The first-order valence-corrected chi connectivity index (χ1v) is 22.9. The fraction of sp³-hybridized carbons (Fsp3) is 0.658. The van der Waals surface area contributed by atoms with Crippen molar-refractivity contribution >= 4 is 88.8 Å². The first kappa shape index (κ1) is 61.7. The van der Waals surface area contributed by atoms with Gasteiger partial charge in [-0.1, -0.05) is 0 Å². The van der Waals surface area contributed by atoms with Crippen LogP contribution in [0.2, 0.25) is 0 Å². The van der Waals surface area contributed by atoms with Gasteiger partial charge in [0.15, 0.2) is 23.8 Å². The molecule has 31 heteroatoms. The van der Waals surface area contributed by atoms with Gasteiger partial charge in [0.2, 0.25) is 53.2 Å². The van der Waals surface area contributed by atoms with Crippen LogP contribution in [0.4, 0.5) is 0 Å². The molecule has 0 aromatic rings. The number of amides is 9. The van der Waals surface area contributed by atoms with E-state index >= 15 is 0 Å². The molecule has 0 fully saturated rings. The van der Waals surface area contributed by atoms with Gasteiger partial charge in [0.05, 0.1) is 5.88 Å². The van der Waals surface area contributed by atoms with E-state index in [1.807, 2.05) is 0 Å². The Labute approximate surface area is 404 Å². The highest BCUT2D eigenvalue weighted by Crippen LogP contribution is 2.08. The number of nitrogens with two attached hydrogens (primary N) is 9. The Morgan fingerprint density at radius 3 is 1.03 bits per heavy atom. The summed E-state index contributed by atoms with van der Waals surface area (Å²) in [6.45, 7) is 5.46. The number of hydrogen-bond acceptors (Lipinski definition) is 14. The maximum Gasteiger partial charge on any atom is 0.244 e. The van der Waals surface area contributed by atoms with Gasteiger partial charge in [0, 0.05) is 45.8 Å². The summed E-state index contributed by atoms with van der Waals surface area (Å²) in [6.07, 6.45) is 0.549. The van der Waals surface area contributed by atoms with Crippen molar-refractivity contribution in [3.63, 3.8) is 0 Å². The van der Waals surface area contributed by atoms with E-state index in [0.29, 0.717) is 0 Å². The second-order valence-electron chi connectivity index (χ2n) is 15.4. The third-order valence-electron chi connectivity index (χ3n) is 9.25. The quantitative estimate of drug-likeness (QED) is 0.0123. The normalized spacial score (nSPS) is 13.6. The first-order valence-electron chi connectivity index (χ1n) is 21.8. The van der Waals surface area contributed by atoms with Crippen LogP contribution >= 0.6 is 11.8 Å². The summed E-state index contributed by atoms with van der Waals surface area (Å²) >= 11 is 1.14. The summed E-state index contributed by atoms with van der Waals surface area (Å²) < 4.78 is 0. The van der Waals surface area contributed by atoms with Crippen LogP contribution in [0.1, 0.15) is 79.1 Å². The molecule has 0 spiro atoms. The molecular formula is C38H73N21O9S. The predicted octanol–water partition coefficient (Wildman–Crippen LogP) is -8.03. The lowest BCUT2D eigenvalue weighted by Gasteiger charge is -2.27. The van der Waals surface area contributed by atoms with Crippen LogP contribution in [0.15, 0.2) is 20.0 Å². The second-order valence-corrected chi connectivity index (χ2v) is 16.4. The number of guanidine groups is 4. The van der Waals surface area contributed by atoms with Crippen LogP contribution in [-0.2, 0) is 43.2 Å². The average molecular weight is 1000 g/mol. The molecule has 0 saturated carbocycles. The van der Waals surface area contributed by atoms with Crippen LogP contribution < -0.4 is 94.1 Å². The van der Waals surface area contributed by atoms with Crippen LogP contribution in [0, 0.1) is 0 Å². The minimum Gasteiger partial charge on any atom is -0.370 e. The van der Waals surface area contributed by atoms with Crippen molar-refractivity contribution in [2.75, 3.05) is 37.8 Å². The summed E-state index contributed by atoms with van der Waals surface area (Å²) in [5, 5.41) is 20.3. The molecule has 0 aromatic carbocycles. The van der Waals surface area contributed by atoms with E-state index in [-0.39, 0.29) is 119 Å². The maximum atomic E-state index is 14.1. The van der Waals surface area contributed by atoms with Crippen LogP contribution in [-0.4, -0.2) is 157 Å². The molecule has 7 atom stereocenters. The zero-order chi connectivity index (χ0) is 52.6. The van der Waals surface area contributed by atoms with Gasteiger partial charge in [-0.25, -0.2) is 0 Å². The molecule has 390 valence electrons. The Kier molecular flexibility index (Phi) is 30.4. The molecule has 0 radical (unpaired) electrons. The molecule has 0 aromatic heterocycles. The van der Waals surface area contributed by atoms with Crippen molar-refractivity contribution in [2.24, 2.45) is 71.6 Å². The Hall–Kier alpha value is -7.34. The van der Waals surface area contributed by atoms with Crippen molar-refractivity contribution in [1.29, 1.82) is 0 Å². The van der Waals surface area contributed by atoms with Crippen molar-refractivity contribution in [2.45, 2.75) is 121 Å². The standard InChI is InChI=1S/C38H73N21O9S/c1-19(29(63)56-23(28(39)62)9-5-13-48-35(40)41)53-31(65)24(10-6-14-49-36(42)43)58-33(67)26(12-8-16-51-38(46)47)59-32(66)25(11-7-15-50-37(44)45)57-30(64)20(2)54-34(68)27(55-22(4)61)17-69-18-52-21(3)60/h19-20,23-27H,5-18H2,1-4H3,(H2,39,62)(H,52,60)(H,53,65)(H,54,68)(H,55,61)(H,56,63)(H,57,64)(H,58,67)(H,59,66)(H4,40,41,48)(H4,42,43,49)(H4,44,45,50)(H4,46,47,51)/t19-,20-,23-,24-,25-,26-,27-/m1/s1. The third-order valence-corrected chi connectivity index (χ3v) is 10.2. The van der Waals surface area contributed by atoms with Crippen molar-refractivity contribution in [3.8, 4) is 0 Å². The minimum absolute atomic E-state index is 0.0265. The SMILES string of the molecule is CC(=O)NCSC[C@@H](NC(C)=O)C(=O)N[C@H](C)C(=O)N[C@H](CCCN=C(N)N)C(=O)N[C@H](CCCN=C(N)N)C(=O)N[C@H](CCCN=C(N)N)C(=O)N[C@H](C)C(=O)N[C@H](CCCN=C(N)N)C(N)=O. The largest absolute Gasteiger partial charge is 0.370 e. The minimum atomic E-state index is -1.39. The van der Waals surface area contributed by atoms with Gasteiger partial charge in [-0.2, -0.15) is 0 Å². The second kappa shape index (κ2) is 34.0. The zero-order valence-electron chi connectivity index (χ0n) is 39.5. The van der Waals surface area contributed by atoms with Crippen molar-refractivity contribution < 1.29 is 43.2 Å². The maximum absolute atomic E-state index is 14.1. The van der Waals surface area contributed by atoms with E-state index in [1.54, 1.807) is 0 Å². The molecule has 0 bridgehead atoms. The van der Waals surface area contributed by atoms with Gasteiger partial charge < -0.3 is 94.1 Å². The summed E-state index contributed by atoms with van der Waals surface area (Å²) in [5.74, 6) is -7.23. The third kappa shape index (κ3) is 29.8. The lowest BCUT2D eigenvalue weighted by Crippen LogP contribution is -2.59. The molecule has 69 heavy (non-hydrogen) atoms. The number of aliphatic imine (C=N–C) groups is 4. The molecule has 0 heterocycles. The average Bonchev–Trinajstić information content (AvgIpc) is 3.24. The number of nitrogens with one attached hydrogen (secondary N) is 8. The molecular weight excluding hydrogens is 927 g/mol. The molecule has 0 aliphatic rings. The molecule has 30 nitrogen and oxygen atoms in total. The lowest BCUT2D eigenvalue weighted by molar-refractivity contribution is -0.135. The summed E-state index contributed by atoms with van der Waals surface area (Å²) in [7, 11) is 0. The van der Waals surface area contributed by atoms with Crippen molar-refractivity contribution in [1.82, 2.24) is 42.5 Å². The van der Waals surface area contributed by atoms with E-state index in [4.69, 9.17) is 51.6 Å². The fourth-order valence-corrected chi connectivity index (χ4v) is 6.65. The highest BCUT2D eigenvalue weighted by Gasteiger charge is 2.32.